The topological polar surface area (TPSA) is 58.0 Å². The van der Waals surface area contributed by atoms with Crippen LogP contribution >= 0.6 is 11.6 Å². The smallest absolute Gasteiger partial charge is 0.223 e. The number of unbranched alkanes of at least 4 members (excludes halogenated alkanes) is 2. The second-order valence-electron chi connectivity index (χ2n) is 5.03. The summed E-state index contributed by atoms with van der Waals surface area (Å²) in [6.07, 6.45) is 5.86. The molecule has 0 spiro atoms. The molecule has 112 valence electrons. The van der Waals surface area contributed by atoms with Gasteiger partial charge in [0.25, 0.3) is 0 Å². The summed E-state index contributed by atoms with van der Waals surface area (Å²) >= 11 is 5.86. The predicted molar refractivity (Wildman–Crippen MR) is 85.9 cm³/mol. The monoisotopic (exact) mass is 305 g/mol. The van der Waals surface area contributed by atoms with Gasteiger partial charge in [-0.1, -0.05) is 30.2 Å². The van der Waals surface area contributed by atoms with Gasteiger partial charge in [0.05, 0.1) is 11.9 Å². The van der Waals surface area contributed by atoms with E-state index in [0.29, 0.717) is 11.6 Å². The summed E-state index contributed by atoms with van der Waals surface area (Å²) in [4.78, 5) is 8.19. The number of halogens is 1. The van der Waals surface area contributed by atoms with Crippen LogP contribution in [0.25, 0.3) is 0 Å². The van der Waals surface area contributed by atoms with Crippen LogP contribution < -0.4 is 5.32 Å². The molecule has 2 rings (SSSR count). The molecule has 1 aromatic carbocycles. The lowest BCUT2D eigenvalue weighted by Gasteiger charge is -2.06. The molecule has 0 aliphatic carbocycles. The molecular formula is C16H20ClN3O. The first-order valence-corrected chi connectivity index (χ1v) is 7.54. The highest BCUT2D eigenvalue weighted by molar-refractivity contribution is 6.30. The molecule has 0 saturated heterocycles. The summed E-state index contributed by atoms with van der Waals surface area (Å²) in [5.74, 6) is 0.700. The third kappa shape index (κ3) is 5.23. The minimum Gasteiger partial charge on any atom is -0.504 e. The van der Waals surface area contributed by atoms with E-state index in [1.54, 1.807) is 6.92 Å². The van der Waals surface area contributed by atoms with Crippen LogP contribution in [-0.4, -0.2) is 21.6 Å². The van der Waals surface area contributed by atoms with E-state index in [0.717, 1.165) is 37.3 Å². The zero-order chi connectivity index (χ0) is 15.1. The summed E-state index contributed by atoms with van der Waals surface area (Å²) in [7, 11) is 0. The standard InChI is InChI=1S/C16H20ClN3O/c1-12-15(21)11-19-16(20-12)18-10-4-2-3-5-13-6-8-14(17)9-7-13/h6-9,11,21H,2-5,10H2,1H3,(H,18,19,20). The second-order valence-corrected chi connectivity index (χ2v) is 5.46. The van der Waals surface area contributed by atoms with Gasteiger partial charge >= 0.3 is 0 Å². The van der Waals surface area contributed by atoms with Crippen LogP contribution in [0, 0.1) is 6.92 Å². The summed E-state index contributed by atoms with van der Waals surface area (Å²) in [5, 5.41) is 13.3. The van der Waals surface area contributed by atoms with Crippen molar-refractivity contribution in [2.24, 2.45) is 0 Å². The van der Waals surface area contributed by atoms with E-state index >= 15 is 0 Å². The summed E-state index contributed by atoms with van der Waals surface area (Å²) in [6, 6.07) is 8.02. The number of hydrogen-bond donors (Lipinski definition) is 2. The Labute approximate surface area is 130 Å². The van der Waals surface area contributed by atoms with E-state index in [9.17, 15) is 5.11 Å². The Morgan fingerprint density at radius 2 is 1.90 bits per heavy atom. The highest BCUT2D eigenvalue weighted by atomic mass is 35.5. The van der Waals surface area contributed by atoms with Gasteiger partial charge in [0.1, 0.15) is 0 Å². The Kier molecular flexibility index (Phi) is 5.81. The Bertz CT molecular complexity index is 572. The minimum absolute atomic E-state index is 0.128. The quantitative estimate of drug-likeness (QED) is 0.760. The molecule has 4 nitrogen and oxygen atoms in total. The van der Waals surface area contributed by atoms with Crippen molar-refractivity contribution in [1.82, 2.24) is 9.97 Å². The first-order valence-electron chi connectivity index (χ1n) is 7.16. The van der Waals surface area contributed by atoms with E-state index in [2.05, 4.69) is 27.4 Å². The van der Waals surface area contributed by atoms with Gasteiger partial charge in [-0.25, -0.2) is 9.97 Å². The van der Waals surface area contributed by atoms with Crippen LogP contribution in [0.5, 0.6) is 5.75 Å². The van der Waals surface area contributed by atoms with Gasteiger partial charge in [-0.3, -0.25) is 0 Å². The van der Waals surface area contributed by atoms with Crippen molar-refractivity contribution in [1.29, 1.82) is 0 Å². The van der Waals surface area contributed by atoms with Gasteiger partial charge in [-0.2, -0.15) is 0 Å². The number of nitrogens with one attached hydrogen (secondary N) is 1. The van der Waals surface area contributed by atoms with Gasteiger partial charge in [0.2, 0.25) is 5.95 Å². The first-order chi connectivity index (χ1) is 10.1. The molecule has 0 saturated carbocycles. The van der Waals surface area contributed by atoms with Crippen molar-refractivity contribution in [3.63, 3.8) is 0 Å². The Balaban J connectivity index is 1.61. The molecule has 5 heteroatoms. The molecule has 0 atom stereocenters. The fourth-order valence-corrected chi connectivity index (χ4v) is 2.15. The highest BCUT2D eigenvalue weighted by Gasteiger charge is 2.00. The van der Waals surface area contributed by atoms with Crippen LogP contribution in [0.1, 0.15) is 30.5 Å². The number of aromatic hydroxyl groups is 1. The largest absolute Gasteiger partial charge is 0.504 e. The molecule has 1 aromatic heterocycles. The van der Waals surface area contributed by atoms with Gasteiger partial charge in [0, 0.05) is 11.6 Å². The average Bonchev–Trinajstić information content (AvgIpc) is 2.48. The van der Waals surface area contributed by atoms with Crippen LogP contribution in [0.15, 0.2) is 30.5 Å². The van der Waals surface area contributed by atoms with Crippen molar-refractivity contribution in [2.75, 3.05) is 11.9 Å². The normalized spacial score (nSPS) is 10.6. The van der Waals surface area contributed by atoms with E-state index in [-0.39, 0.29) is 5.75 Å². The maximum atomic E-state index is 9.35. The number of rotatable bonds is 7. The molecule has 21 heavy (non-hydrogen) atoms. The SMILES string of the molecule is Cc1nc(NCCCCCc2ccc(Cl)cc2)ncc1O. The average molecular weight is 306 g/mol. The van der Waals surface area contributed by atoms with Gasteiger partial charge in [-0.15, -0.1) is 0 Å². The molecule has 2 aromatic rings. The summed E-state index contributed by atoms with van der Waals surface area (Å²) in [6.45, 7) is 2.60. The van der Waals surface area contributed by atoms with Crippen LogP contribution in [0.3, 0.4) is 0 Å². The molecule has 1 heterocycles. The summed E-state index contributed by atoms with van der Waals surface area (Å²) in [5.41, 5.74) is 1.92. The van der Waals surface area contributed by atoms with E-state index in [4.69, 9.17) is 11.6 Å². The molecule has 0 aliphatic rings. The molecule has 2 N–H and O–H groups in total. The van der Waals surface area contributed by atoms with Gasteiger partial charge in [-0.05, 0) is 43.9 Å². The fraction of sp³-hybridized carbons (Fsp3) is 0.375. The predicted octanol–water partition coefficient (Wildman–Crippen LogP) is 3.97. The van der Waals surface area contributed by atoms with Crippen LogP contribution in [-0.2, 0) is 6.42 Å². The molecule has 0 amide bonds. The summed E-state index contributed by atoms with van der Waals surface area (Å²) < 4.78 is 0. The third-order valence-electron chi connectivity index (χ3n) is 3.29. The Morgan fingerprint density at radius 3 is 2.62 bits per heavy atom. The third-order valence-corrected chi connectivity index (χ3v) is 3.54. The van der Waals surface area contributed by atoms with E-state index in [1.165, 1.54) is 11.8 Å². The number of nitrogens with zero attached hydrogens (tertiary/aromatic N) is 2. The Morgan fingerprint density at radius 1 is 1.14 bits per heavy atom. The molecule has 0 unspecified atom stereocenters. The minimum atomic E-state index is 0.128. The van der Waals surface area contributed by atoms with Crippen molar-refractivity contribution >= 4 is 17.5 Å². The molecule has 0 radical (unpaired) electrons. The molecular weight excluding hydrogens is 286 g/mol. The fourth-order valence-electron chi connectivity index (χ4n) is 2.03. The number of benzene rings is 1. The Hall–Kier alpha value is -1.81. The number of aromatic nitrogens is 2. The van der Waals surface area contributed by atoms with Gasteiger partial charge < -0.3 is 10.4 Å². The molecule has 0 aliphatic heterocycles. The zero-order valence-electron chi connectivity index (χ0n) is 12.1. The molecule has 0 fully saturated rings. The lowest BCUT2D eigenvalue weighted by molar-refractivity contribution is 0.464. The van der Waals surface area contributed by atoms with E-state index < -0.39 is 0 Å². The maximum absolute atomic E-state index is 9.35. The van der Waals surface area contributed by atoms with Crippen molar-refractivity contribution in [2.45, 2.75) is 32.6 Å². The number of hydrogen-bond acceptors (Lipinski definition) is 4. The zero-order valence-corrected chi connectivity index (χ0v) is 12.9. The first kappa shape index (κ1) is 15.6. The number of anilines is 1. The highest BCUT2D eigenvalue weighted by Crippen LogP contribution is 2.14. The van der Waals surface area contributed by atoms with Crippen LogP contribution in [0.4, 0.5) is 5.95 Å². The van der Waals surface area contributed by atoms with Gasteiger partial charge in [0.15, 0.2) is 5.75 Å². The lowest BCUT2D eigenvalue weighted by atomic mass is 10.1. The maximum Gasteiger partial charge on any atom is 0.223 e. The lowest BCUT2D eigenvalue weighted by Crippen LogP contribution is -2.06. The van der Waals surface area contributed by atoms with E-state index in [1.807, 2.05) is 12.1 Å². The van der Waals surface area contributed by atoms with Crippen molar-refractivity contribution in [3.8, 4) is 5.75 Å². The van der Waals surface area contributed by atoms with Crippen LogP contribution in [0.2, 0.25) is 5.02 Å². The second kappa shape index (κ2) is 7.84. The van der Waals surface area contributed by atoms with Crippen molar-refractivity contribution in [3.05, 3.63) is 46.7 Å². The molecule has 0 bridgehead atoms. The number of aryl methyl sites for hydroxylation is 2. The van der Waals surface area contributed by atoms with Crippen molar-refractivity contribution < 1.29 is 5.11 Å².